The number of aliphatic hydroxyl groups excluding tert-OH is 1. The maximum Gasteiger partial charge on any atom is 0.254 e. The van der Waals surface area contributed by atoms with Crippen molar-refractivity contribution in [1.29, 1.82) is 0 Å². The van der Waals surface area contributed by atoms with E-state index in [0.717, 1.165) is 116 Å². The number of H-pyrrole nitrogens is 1. The first kappa shape index (κ1) is 50.4. The average Bonchev–Trinajstić information content (AvgIpc) is 4.25. The van der Waals surface area contributed by atoms with Crippen molar-refractivity contribution >= 4 is 40.1 Å². The van der Waals surface area contributed by atoms with Crippen LogP contribution in [0, 0.1) is 12.8 Å². The lowest BCUT2D eigenvalue weighted by molar-refractivity contribution is -0.141. The zero-order valence-corrected chi connectivity index (χ0v) is 43.9. The van der Waals surface area contributed by atoms with Crippen LogP contribution in [0.1, 0.15) is 105 Å². The Morgan fingerprint density at radius 2 is 1.73 bits per heavy atom. The number of nitrogens with one attached hydrogen (secondary N) is 2. The number of piperidine rings is 2. The monoisotopic (exact) mass is 1030 g/mol. The van der Waals surface area contributed by atoms with Crippen molar-refractivity contribution < 1.29 is 29.1 Å². The van der Waals surface area contributed by atoms with Crippen molar-refractivity contribution in [1.82, 2.24) is 55.3 Å². The number of nitrogens with zero attached hydrogens (tertiary/aromatic N) is 10. The molecule has 0 saturated carbocycles. The van der Waals surface area contributed by atoms with Gasteiger partial charge in [-0.3, -0.25) is 14.5 Å². The smallest absolute Gasteiger partial charge is 0.254 e. The third-order valence-corrected chi connectivity index (χ3v) is 17.0. The summed E-state index contributed by atoms with van der Waals surface area (Å²) >= 11 is 1.59. The zero-order valence-electron chi connectivity index (χ0n) is 43.1. The van der Waals surface area contributed by atoms with Gasteiger partial charge >= 0.3 is 0 Å². The van der Waals surface area contributed by atoms with Gasteiger partial charge in [0.2, 0.25) is 17.8 Å². The number of aryl methyl sites for hydroxylation is 1. The number of fused-ring (bicyclic) bond motifs is 3. The Bertz CT molecular complexity index is 3110. The highest BCUT2D eigenvalue weighted by atomic mass is 32.1. The van der Waals surface area contributed by atoms with Crippen molar-refractivity contribution in [2.24, 2.45) is 5.92 Å². The number of phenolic OH excluding ortho intramolecular Hbond substituents is 1. The number of aromatic amines is 1. The number of hydrogen-bond donors (Lipinski definition) is 4. The maximum absolute atomic E-state index is 14.2. The summed E-state index contributed by atoms with van der Waals surface area (Å²) in [7, 11) is 0. The molecule has 3 saturated heterocycles. The van der Waals surface area contributed by atoms with Crippen molar-refractivity contribution in [3.63, 3.8) is 0 Å². The number of aromatic nitrogens is 7. The number of para-hydroxylation sites is 1. The van der Waals surface area contributed by atoms with E-state index in [-0.39, 0.29) is 42.5 Å². The van der Waals surface area contributed by atoms with Gasteiger partial charge in [0.1, 0.15) is 24.3 Å². The molecule has 392 valence electrons. The van der Waals surface area contributed by atoms with Crippen LogP contribution in [0.3, 0.4) is 0 Å². The lowest BCUT2D eigenvalue weighted by atomic mass is 9.89. The van der Waals surface area contributed by atoms with Crippen molar-refractivity contribution in [3.05, 3.63) is 112 Å². The fourth-order valence-electron chi connectivity index (χ4n) is 11.9. The first-order valence-corrected chi connectivity index (χ1v) is 27.4. The number of ether oxygens (including phenoxy) is 1. The van der Waals surface area contributed by atoms with Crippen LogP contribution >= 0.6 is 11.3 Å². The number of hydrogen-bond acceptors (Lipinski definition) is 16. The molecule has 2 amide bonds. The highest BCUT2D eigenvalue weighted by Gasteiger charge is 2.43. The summed E-state index contributed by atoms with van der Waals surface area (Å²) in [6, 6.07) is 18.7. The minimum atomic E-state index is -0.810. The Morgan fingerprint density at radius 3 is 2.47 bits per heavy atom. The number of amides is 2. The molecule has 19 heteroatoms. The number of aromatic hydroxyl groups is 1. The van der Waals surface area contributed by atoms with E-state index in [1.807, 2.05) is 81.1 Å². The minimum absolute atomic E-state index is 0.0250. The number of aliphatic hydroxyl groups is 1. The quantitative estimate of drug-likeness (QED) is 0.0787. The number of carbonyl (C=O) groups excluding carboxylic acids is 2. The summed E-state index contributed by atoms with van der Waals surface area (Å²) in [5.74, 6) is 0.606. The Morgan fingerprint density at radius 1 is 0.960 bits per heavy atom. The number of β-amino-alcohol motifs (C(OH)–C–C–N with tert-alkyl or cyclic N) is 1. The summed E-state index contributed by atoms with van der Waals surface area (Å²) in [4.78, 5) is 55.5. The Hall–Kier alpha value is -6.80. The van der Waals surface area contributed by atoms with Crippen molar-refractivity contribution in [2.45, 2.75) is 109 Å². The van der Waals surface area contributed by atoms with E-state index in [2.05, 4.69) is 52.3 Å². The number of carbonyl (C=O) groups is 2. The van der Waals surface area contributed by atoms with Gasteiger partial charge in [0.15, 0.2) is 11.4 Å². The molecule has 75 heavy (non-hydrogen) atoms. The van der Waals surface area contributed by atoms with Crippen LogP contribution in [0.5, 0.6) is 11.6 Å². The molecule has 7 aromatic rings. The van der Waals surface area contributed by atoms with Gasteiger partial charge in [0, 0.05) is 85.7 Å². The van der Waals surface area contributed by atoms with Gasteiger partial charge < -0.3 is 44.5 Å². The van der Waals surface area contributed by atoms with E-state index in [1.54, 1.807) is 29.5 Å². The second kappa shape index (κ2) is 21.8. The van der Waals surface area contributed by atoms with Gasteiger partial charge in [0.25, 0.3) is 5.88 Å². The van der Waals surface area contributed by atoms with E-state index in [0.29, 0.717) is 48.0 Å². The lowest BCUT2D eigenvalue weighted by Crippen LogP contribution is -2.48. The molecule has 0 bridgehead atoms. The number of benzene rings is 2. The number of phenols is 1. The largest absolute Gasteiger partial charge is 0.507 e. The van der Waals surface area contributed by atoms with Gasteiger partial charge in [-0.15, -0.1) is 21.5 Å². The molecule has 9 heterocycles. The fraction of sp³-hybridized carbons (Fsp3) is 0.464. The lowest BCUT2D eigenvalue weighted by Gasteiger charge is -2.41. The summed E-state index contributed by atoms with van der Waals surface area (Å²) in [5.41, 5.74) is 10.4. The molecule has 0 spiro atoms. The van der Waals surface area contributed by atoms with Gasteiger partial charge in [-0.1, -0.05) is 50.2 Å². The first-order chi connectivity index (χ1) is 36.4. The molecule has 0 aliphatic carbocycles. The molecule has 0 radical (unpaired) electrons. The molecule has 5 aromatic heterocycles. The van der Waals surface area contributed by atoms with Gasteiger partial charge in [-0.05, 0) is 118 Å². The van der Waals surface area contributed by atoms with E-state index < -0.39 is 18.1 Å². The Kier molecular flexibility index (Phi) is 14.6. The van der Waals surface area contributed by atoms with Gasteiger partial charge in [-0.25, -0.2) is 15.0 Å². The molecule has 4 aliphatic heterocycles. The predicted octanol–water partition coefficient (Wildman–Crippen LogP) is 7.40. The molecular formula is C56H66N12O6S. The molecule has 11 rings (SSSR count). The maximum atomic E-state index is 14.2. The molecule has 0 unspecified atom stereocenters. The minimum Gasteiger partial charge on any atom is -0.507 e. The first-order valence-electron chi connectivity index (χ1n) is 26.5. The third kappa shape index (κ3) is 10.6. The van der Waals surface area contributed by atoms with E-state index in [9.17, 15) is 19.8 Å². The number of thiazole rings is 1. The van der Waals surface area contributed by atoms with E-state index >= 15 is 0 Å². The van der Waals surface area contributed by atoms with Gasteiger partial charge in [0.05, 0.1) is 33.9 Å². The van der Waals surface area contributed by atoms with Gasteiger partial charge in [-0.2, -0.15) is 0 Å². The fourth-order valence-corrected chi connectivity index (χ4v) is 12.7. The summed E-state index contributed by atoms with van der Waals surface area (Å²) in [5, 5.41) is 38.3. The molecule has 4 atom stereocenters. The average molecular weight is 1040 g/mol. The summed E-state index contributed by atoms with van der Waals surface area (Å²) in [6.07, 6.45) is 8.63. The zero-order chi connectivity index (χ0) is 51.7. The molecule has 18 nitrogen and oxygen atoms in total. The van der Waals surface area contributed by atoms with Crippen LogP contribution in [-0.2, 0) is 22.6 Å². The Balaban J connectivity index is 0.619. The van der Waals surface area contributed by atoms with Crippen LogP contribution in [-0.4, -0.2) is 143 Å². The number of rotatable bonds is 15. The molecule has 3 fully saturated rings. The predicted molar refractivity (Wildman–Crippen MR) is 285 cm³/mol. The van der Waals surface area contributed by atoms with Crippen molar-refractivity contribution in [3.8, 4) is 33.3 Å². The SMILES string of the molecule is Cc1ncsc1-c1ccc(CNC(=O)[C@@H]2C[C@@H](O)CN2C(=O)[C@@H](c2cc(OCCN3CCC(N4CCC(c5cnc(N6CCc7[nH]c8nnc(-c9ccccc9O)cc8c7[C@H]6C)nc5)CC4)CC3)no2)C(C)C)cc1. The topological polar surface area (TPSA) is 215 Å². The number of anilines is 1. The number of likely N-dealkylation sites (tertiary alicyclic amines) is 3. The molecular weight excluding hydrogens is 969 g/mol. The van der Waals surface area contributed by atoms with Crippen LogP contribution in [0.4, 0.5) is 5.95 Å². The summed E-state index contributed by atoms with van der Waals surface area (Å²) < 4.78 is 11.8. The highest BCUT2D eigenvalue weighted by molar-refractivity contribution is 7.13. The van der Waals surface area contributed by atoms with Crippen LogP contribution < -0.4 is 15.0 Å². The van der Waals surface area contributed by atoms with E-state index in [4.69, 9.17) is 19.2 Å². The van der Waals surface area contributed by atoms with Crippen LogP contribution in [0.25, 0.3) is 32.7 Å². The Labute approximate surface area is 440 Å². The molecule has 2 aromatic carbocycles. The second-order valence-electron chi connectivity index (χ2n) is 21.1. The molecule has 4 aliphatic rings. The standard InChI is InChI=1S/C56H66N12O6S/c1-33(2)50(55(72)68-31-41(69)25-46(68)54(71)57-28-36-9-11-38(12-10-36)52-34(3)60-32-75-52)48-27-49(64-74-48)73-24-23-65-18-15-40(16-19-65)66-20-13-37(14-21-66)39-29-58-56(59-30-39)67-22-17-44-51(35(67)4)43-26-45(62-63-53(43)61-44)42-7-5-6-8-47(42)70/h5-12,26-27,29-30,32-33,35,37,40-41,46,50,69-70H,13-25,28,31H2,1-4H3,(H,57,71)(H,61,63)/t35-,41-,46+,50-/m1/s1. The highest BCUT2D eigenvalue weighted by Crippen LogP contribution is 2.40. The van der Waals surface area contributed by atoms with Crippen molar-refractivity contribution in [2.75, 3.05) is 57.3 Å². The molecule has 4 N–H and O–H groups in total. The normalized spacial score (nSPS) is 20.5. The second-order valence-corrected chi connectivity index (χ2v) is 21.9. The van der Waals surface area contributed by atoms with Crippen LogP contribution in [0.2, 0.25) is 0 Å². The van der Waals surface area contributed by atoms with Crippen LogP contribution in [0.15, 0.2) is 83.1 Å². The van der Waals surface area contributed by atoms with E-state index in [1.165, 1.54) is 16.0 Å². The third-order valence-electron chi connectivity index (χ3n) is 16.0. The summed E-state index contributed by atoms with van der Waals surface area (Å²) in [6.45, 7) is 14.5.